The number of carbonyl (C=O) groups is 1. The van der Waals surface area contributed by atoms with E-state index in [0.717, 1.165) is 64.2 Å². The molecule has 0 amide bonds. The molecule has 0 saturated heterocycles. The normalized spacial score (nSPS) is 12.1. The Morgan fingerprint density at radius 1 is 0.521 bits per heavy atom. The Kier molecular flexibility index (Phi) is 36.5. The Balaban J connectivity index is 3.56. The average molecular weight is 649 g/mol. The molecular weight excluding hydrogens is 585 g/mol. The molecule has 0 aliphatic carbocycles. The maximum Gasteiger partial charge on any atom is 0.228 e. The number of ketones is 1. The summed E-state index contributed by atoms with van der Waals surface area (Å²) in [6.45, 7) is 0. The third-order valence-corrected chi connectivity index (χ3v) is 7.64. The summed E-state index contributed by atoms with van der Waals surface area (Å²) in [5.74, 6) is 15.9. The second-order valence-corrected chi connectivity index (χ2v) is 12.1. The van der Waals surface area contributed by atoms with Crippen LogP contribution in [-0.4, -0.2) is 17.0 Å². The van der Waals surface area contributed by atoms with Gasteiger partial charge in [-0.3, -0.25) is 4.79 Å². The number of allylic oxidation sites excluding steroid dienone is 12. The summed E-state index contributed by atoms with van der Waals surface area (Å²) < 4.78 is 0. The van der Waals surface area contributed by atoms with Gasteiger partial charge in [0, 0.05) is 12.8 Å². The molecule has 1 unspecified atom stereocenters. The summed E-state index contributed by atoms with van der Waals surface area (Å²) in [7, 11) is 0. The molecule has 0 aromatic heterocycles. The van der Waals surface area contributed by atoms with Gasteiger partial charge < -0.3 is 5.11 Å². The molecule has 1 N–H and O–H groups in total. The van der Waals surface area contributed by atoms with Crippen molar-refractivity contribution in [1.29, 1.82) is 0 Å². The van der Waals surface area contributed by atoms with Crippen molar-refractivity contribution in [3.8, 4) is 48.4 Å². The van der Waals surface area contributed by atoms with E-state index in [4.69, 9.17) is 12.8 Å². The zero-order valence-corrected chi connectivity index (χ0v) is 30.0. The zero-order valence-electron chi connectivity index (χ0n) is 30.0. The molecule has 0 heterocycles. The highest BCUT2D eigenvalue weighted by molar-refractivity contribution is 6.03. The van der Waals surface area contributed by atoms with Gasteiger partial charge in [-0.2, -0.15) is 0 Å². The minimum absolute atomic E-state index is 0.272. The van der Waals surface area contributed by atoms with Gasteiger partial charge in [-0.15, -0.1) is 18.8 Å². The third kappa shape index (κ3) is 38.5. The van der Waals surface area contributed by atoms with E-state index in [1.165, 1.54) is 96.0 Å². The van der Waals surface area contributed by atoms with Crippen molar-refractivity contribution in [1.82, 2.24) is 0 Å². The molecule has 1 atom stereocenters. The minimum Gasteiger partial charge on any atom is -0.369 e. The van der Waals surface area contributed by atoms with E-state index in [1.807, 2.05) is 12.2 Å². The van der Waals surface area contributed by atoms with Gasteiger partial charge in [0.05, 0.1) is 0 Å². The van der Waals surface area contributed by atoms with E-state index in [2.05, 4.69) is 90.2 Å². The number of carbonyl (C=O) groups excluding carboxylic acids is 1. The van der Waals surface area contributed by atoms with Crippen molar-refractivity contribution in [3.63, 3.8) is 0 Å². The first-order valence-corrected chi connectivity index (χ1v) is 18.7. The summed E-state index contributed by atoms with van der Waals surface area (Å²) in [4.78, 5) is 10.9. The summed E-state index contributed by atoms with van der Waals surface area (Å²) in [5.41, 5.74) is 0. The number of aliphatic hydroxyl groups is 1. The van der Waals surface area contributed by atoms with E-state index < -0.39 is 6.10 Å². The van der Waals surface area contributed by atoms with Crippen LogP contribution < -0.4 is 0 Å². The lowest BCUT2D eigenvalue weighted by molar-refractivity contribution is -0.109. The highest BCUT2D eigenvalue weighted by Gasteiger charge is 1.94. The van der Waals surface area contributed by atoms with Gasteiger partial charge in [-0.05, 0) is 102 Å². The molecule has 0 aromatic carbocycles. The van der Waals surface area contributed by atoms with Gasteiger partial charge in [0.25, 0.3) is 0 Å². The van der Waals surface area contributed by atoms with Crippen LogP contribution in [0.2, 0.25) is 0 Å². The third-order valence-electron chi connectivity index (χ3n) is 7.64. The van der Waals surface area contributed by atoms with E-state index in [-0.39, 0.29) is 5.78 Å². The SMILES string of the molecule is C#CC/C=C/CCCCCCCCCCCCC/C=C\CC/C=C/C#CC(O)C#CCC/C=C\CCCC/C=C\CC/C=C/C(=O)C#C. The number of rotatable bonds is 29. The molecular formula is C46H64O2. The lowest BCUT2D eigenvalue weighted by atomic mass is 10.0. The Labute approximate surface area is 296 Å². The second-order valence-electron chi connectivity index (χ2n) is 12.1. The quantitative estimate of drug-likeness (QED) is 0.0288. The smallest absolute Gasteiger partial charge is 0.228 e. The van der Waals surface area contributed by atoms with E-state index in [0.29, 0.717) is 0 Å². The van der Waals surface area contributed by atoms with E-state index >= 15 is 0 Å². The molecule has 0 fully saturated rings. The van der Waals surface area contributed by atoms with Crippen LogP contribution in [0.5, 0.6) is 0 Å². The molecule has 0 radical (unpaired) electrons. The Morgan fingerprint density at radius 2 is 0.958 bits per heavy atom. The molecule has 0 aliphatic heterocycles. The largest absolute Gasteiger partial charge is 0.369 e. The molecule has 0 aromatic rings. The van der Waals surface area contributed by atoms with Crippen molar-refractivity contribution in [2.75, 3.05) is 0 Å². The first-order chi connectivity index (χ1) is 23.7. The summed E-state index contributed by atoms with van der Waals surface area (Å²) >= 11 is 0. The number of unbranched alkanes of at least 4 members (excludes halogenated alkanes) is 18. The molecule has 0 aliphatic rings. The number of hydrogen-bond donors (Lipinski definition) is 1. The molecule has 2 nitrogen and oxygen atoms in total. The van der Waals surface area contributed by atoms with Crippen LogP contribution in [0.25, 0.3) is 0 Å². The maximum absolute atomic E-state index is 10.9. The van der Waals surface area contributed by atoms with Crippen LogP contribution in [0.15, 0.2) is 72.9 Å². The maximum atomic E-state index is 10.9. The zero-order chi connectivity index (χ0) is 34.9. The number of hydrogen-bond acceptors (Lipinski definition) is 2. The van der Waals surface area contributed by atoms with Gasteiger partial charge in [-0.1, -0.05) is 142 Å². The molecule has 260 valence electrons. The monoisotopic (exact) mass is 648 g/mol. The lowest BCUT2D eigenvalue weighted by Gasteiger charge is -2.02. The van der Waals surface area contributed by atoms with E-state index in [1.54, 1.807) is 0 Å². The van der Waals surface area contributed by atoms with Crippen LogP contribution in [-0.2, 0) is 4.79 Å². The van der Waals surface area contributed by atoms with E-state index in [9.17, 15) is 9.90 Å². The van der Waals surface area contributed by atoms with Crippen LogP contribution in [0.3, 0.4) is 0 Å². The molecule has 0 saturated carbocycles. The summed E-state index contributed by atoms with van der Waals surface area (Å²) in [6, 6.07) is 0. The van der Waals surface area contributed by atoms with Crippen molar-refractivity contribution in [2.45, 2.75) is 160 Å². The van der Waals surface area contributed by atoms with Crippen LogP contribution in [0.4, 0.5) is 0 Å². The van der Waals surface area contributed by atoms with Crippen molar-refractivity contribution < 1.29 is 9.90 Å². The molecule has 48 heavy (non-hydrogen) atoms. The highest BCUT2D eigenvalue weighted by Crippen LogP contribution is 2.13. The Morgan fingerprint density at radius 3 is 1.50 bits per heavy atom. The lowest BCUT2D eigenvalue weighted by Crippen LogP contribution is -1.96. The first-order valence-electron chi connectivity index (χ1n) is 18.7. The molecule has 0 rings (SSSR count). The first kappa shape index (κ1) is 44.3. The minimum atomic E-state index is -0.888. The van der Waals surface area contributed by atoms with Crippen LogP contribution in [0, 0.1) is 48.4 Å². The fourth-order valence-electron chi connectivity index (χ4n) is 4.87. The fourth-order valence-corrected chi connectivity index (χ4v) is 4.87. The number of aliphatic hydroxyl groups excluding tert-OH is 1. The van der Waals surface area contributed by atoms with Gasteiger partial charge in [-0.25, -0.2) is 0 Å². The van der Waals surface area contributed by atoms with Crippen molar-refractivity contribution in [2.24, 2.45) is 0 Å². The predicted molar refractivity (Wildman–Crippen MR) is 210 cm³/mol. The van der Waals surface area contributed by atoms with Crippen molar-refractivity contribution >= 4 is 5.78 Å². The predicted octanol–water partition coefficient (Wildman–Crippen LogP) is 11.9. The topological polar surface area (TPSA) is 37.3 Å². The van der Waals surface area contributed by atoms with Gasteiger partial charge in [0.2, 0.25) is 5.78 Å². The standard InChI is InChI=1S/C46H64O2/c1-3-5-6-7-8-9-10-11-12-13-14-15-16-17-18-19-20-21-25-28-31-34-37-40-43-46(48)44-41-38-35-32-29-26-23-22-24-27-30-33-36-39-42-45(47)4-2/h1-2,6-7,21,25,27,29-30,32,34,37,39,42,46,48H,5,8-20,22-24,26,28,31,33,35-36,38H2/b7-6+,25-21-,30-27-,32-29-,37-34+,42-39+. The molecule has 2 heteroatoms. The highest BCUT2D eigenvalue weighted by atomic mass is 16.3. The van der Waals surface area contributed by atoms with Gasteiger partial charge in [0.1, 0.15) is 0 Å². The van der Waals surface area contributed by atoms with Gasteiger partial charge in [0.15, 0.2) is 6.10 Å². The molecule has 0 spiro atoms. The van der Waals surface area contributed by atoms with Crippen LogP contribution >= 0.6 is 0 Å². The summed E-state index contributed by atoms with van der Waals surface area (Å²) in [5, 5.41) is 9.92. The van der Waals surface area contributed by atoms with Crippen LogP contribution in [0.1, 0.15) is 154 Å². The Bertz CT molecular complexity index is 1150. The Hall–Kier alpha value is -3.69. The fraction of sp³-hybridized carbons (Fsp3) is 0.543. The molecule has 0 bridgehead atoms. The van der Waals surface area contributed by atoms with Gasteiger partial charge >= 0.3 is 0 Å². The number of terminal acetylenes is 2. The summed E-state index contributed by atoms with van der Waals surface area (Å²) in [6.07, 6.45) is 62.2. The van der Waals surface area contributed by atoms with Crippen molar-refractivity contribution in [3.05, 3.63) is 72.9 Å². The average Bonchev–Trinajstić information content (AvgIpc) is 3.09. The second kappa shape index (κ2) is 39.5.